The third-order valence-corrected chi connectivity index (χ3v) is 5.12. The van der Waals surface area contributed by atoms with Crippen LogP contribution >= 0.6 is 11.8 Å². The largest absolute Gasteiger partial charge is 0.456 e. The Kier molecular flexibility index (Phi) is 5.30. The molecule has 0 radical (unpaired) electrons. The Bertz CT molecular complexity index is 1140. The maximum absolute atomic E-state index is 12.2. The van der Waals surface area contributed by atoms with E-state index in [1.807, 2.05) is 72.8 Å². The highest BCUT2D eigenvalue weighted by Gasteiger charge is 2.10. The van der Waals surface area contributed by atoms with Crippen LogP contribution in [0.3, 0.4) is 0 Å². The first-order chi connectivity index (χ1) is 13.7. The van der Waals surface area contributed by atoms with Crippen molar-refractivity contribution in [3.05, 3.63) is 72.8 Å². The van der Waals surface area contributed by atoms with E-state index >= 15 is 0 Å². The SMILES string of the molecule is O=C(CSCC(=O)Nc1ccc2c(c1)oc1ccccc12)Nc1ccccc1. The summed E-state index contributed by atoms with van der Waals surface area (Å²) in [7, 11) is 0. The van der Waals surface area contributed by atoms with Crippen LogP contribution in [0, 0.1) is 0 Å². The number of benzene rings is 3. The smallest absolute Gasteiger partial charge is 0.234 e. The van der Waals surface area contributed by atoms with E-state index in [0.29, 0.717) is 5.69 Å². The van der Waals surface area contributed by atoms with Crippen molar-refractivity contribution >= 4 is 56.9 Å². The molecule has 0 atom stereocenters. The molecular weight excluding hydrogens is 372 g/mol. The lowest BCUT2D eigenvalue weighted by molar-refractivity contribution is -0.114. The van der Waals surface area contributed by atoms with Crippen LogP contribution in [0.15, 0.2) is 77.2 Å². The molecule has 5 nitrogen and oxygen atoms in total. The average molecular weight is 390 g/mol. The molecule has 0 spiro atoms. The minimum atomic E-state index is -0.159. The van der Waals surface area contributed by atoms with Crippen molar-refractivity contribution in [2.24, 2.45) is 0 Å². The van der Waals surface area contributed by atoms with Gasteiger partial charge in [-0.2, -0.15) is 0 Å². The molecule has 0 aliphatic heterocycles. The van der Waals surface area contributed by atoms with Crippen LogP contribution in [0.1, 0.15) is 0 Å². The zero-order valence-electron chi connectivity index (χ0n) is 15.0. The molecule has 0 saturated carbocycles. The fourth-order valence-electron chi connectivity index (χ4n) is 2.96. The molecular formula is C22H18N2O3S. The van der Waals surface area contributed by atoms with E-state index in [4.69, 9.17) is 4.42 Å². The summed E-state index contributed by atoms with van der Waals surface area (Å²) in [6.45, 7) is 0. The number of hydrogen-bond donors (Lipinski definition) is 2. The fraction of sp³-hybridized carbons (Fsp3) is 0.0909. The molecule has 140 valence electrons. The van der Waals surface area contributed by atoms with Gasteiger partial charge in [0.05, 0.1) is 11.5 Å². The summed E-state index contributed by atoms with van der Waals surface area (Å²) in [5, 5.41) is 7.71. The third-order valence-electron chi connectivity index (χ3n) is 4.19. The van der Waals surface area contributed by atoms with Crippen molar-refractivity contribution in [1.29, 1.82) is 0 Å². The number of para-hydroxylation sites is 2. The number of carbonyl (C=O) groups is 2. The first-order valence-corrected chi connectivity index (χ1v) is 9.98. The van der Waals surface area contributed by atoms with E-state index in [1.54, 1.807) is 0 Å². The molecule has 2 amide bonds. The molecule has 0 unspecified atom stereocenters. The average Bonchev–Trinajstić information content (AvgIpc) is 3.06. The summed E-state index contributed by atoms with van der Waals surface area (Å²) in [6.07, 6.45) is 0. The van der Waals surface area contributed by atoms with E-state index in [0.717, 1.165) is 27.6 Å². The van der Waals surface area contributed by atoms with Crippen LogP contribution in [0.5, 0.6) is 0 Å². The monoisotopic (exact) mass is 390 g/mol. The van der Waals surface area contributed by atoms with E-state index in [9.17, 15) is 9.59 Å². The first-order valence-electron chi connectivity index (χ1n) is 8.83. The molecule has 4 aromatic rings. The van der Waals surface area contributed by atoms with Crippen LogP contribution in [0.2, 0.25) is 0 Å². The van der Waals surface area contributed by atoms with E-state index in [2.05, 4.69) is 10.6 Å². The highest BCUT2D eigenvalue weighted by molar-refractivity contribution is 8.00. The fourth-order valence-corrected chi connectivity index (χ4v) is 3.57. The molecule has 1 heterocycles. The number of rotatable bonds is 6. The third kappa shape index (κ3) is 4.18. The summed E-state index contributed by atoms with van der Waals surface area (Å²) in [6, 6.07) is 22.7. The van der Waals surface area contributed by atoms with Gasteiger partial charge < -0.3 is 15.1 Å². The van der Waals surface area contributed by atoms with Gasteiger partial charge in [-0.1, -0.05) is 36.4 Å². The van der Waals surface area contributed by atoms with Crippen molar-refractivity contribution in [2.45, 2.75) is 0 Å². The second-order valence-electron chi connectivity index (χ2n) is 6.26. The van der Waals surface area contributed by atoms with Gasteiger partial charge in [0.1, 0.15) is 11.2 Å². The van der Waals surface area contributed by atoms with Gasteiger partial charge >= 0.3 is 0 Å². The van der Waals surface area contributed by atoms with E-state index < -0.39 is 0 Å². The standard InChI is InChI=1S/C22H18N2O3S/c25-21(23-15-6-2-1-3-7-15)13-28-14-22(26)24-16-10-11-18-17-8-4-5-9-19(17)27-20(18)12-16/h1-12H,13-14H2,(H,23,25)(H,24,26). The molecule has 0 bridgehead atoms. The first kappa shape index (κ1) is 18.1. The minimum Gasteiger partial charge on any atom is -0.456 e. The van der Waals surface area contributed by atoms with Crippen LogP contribution in [0.4, 0.5) is 11.4 Å². The van der Waals surface area contributed by atoms with Gasteiger partial charge in [-0.25, -0.2) is 0 Å². The van der Waals surface area contributed by atoms with Gasteiger partial charge in [0.2, 0.25) is 11.8 Å². The topological polar surface area (TPSA) is 71.3 Å². The summed E-state index contributed by atoms with van der Waals surface area (Å²) in [5.74, 6) is 0.117. The number of fused-ring (bicyclic) bond motifs is 3. The second-order valence-corrected chi connectivity index (χ2v) is 7.25. The highest BCUT2D eigenvalue weighted by atomic mass is 32.2. The Morgan fingerprint density at radius 3 is 2.14 bits per heavy atom. The molecule has 28 heavy (non-hydrogen) atoms. The molecule has 4 rings (SSSR count). The predicted octanol–water partition coefficient (Wildman–Crippen LogP) is 4.90. The molecule has 0 saturated heterocycles. The number of amides is 2. The summed E-state index contributed by atoms with van der Waals surface area (Å²) >= 11 is 1.27. The number of thioether (sulfide) groups is 1. The van der Waals surface area contributed by atoms with Crippen LogP contribution < -0.4 is 10.6 Å². The Morgan fingerprint density at radius 2 is 1.36 bits per heavy atom. The lowest BCUT2D eigenvalue weighted by Crippen LogP contribution is -2.18. The molecule has 0 fully saturated rings. The number of hydrogen-bond acceptors (Lipinski definition) is 4. The predicted molar refractivity (Wildman–Crippen MR) is 115 cm³/mol. The van der Waals surface area contributed by atoms with Crippen molar-refractivity contribution in [2.75, 3.05) is 22.1 Å². The number of carbonyl (C=O) groups excluding carboxylic acids is 2. The van der Waals surface area contributed by atoms with Crippen LogP contribution in [-0.4, -0.2) is 23.3 Å². The molecule has 6 heteroatoms. The summed E-state index contributed by atoms with van der Waals surface area (Å²) in [5.41, 5.74) is 2.97. The lowest BCUT2D eigenvalue weighted by Gasteiger charge is -2.06. The Labute approximate surface area is 166 Å². The van der Waals surface area contributed by atoms with Crippen molar-refractivity contribution < 1.29 is 14.0 Å². The van der Waals surface area contributed by atoms with Gasteiger partial charge in [-0.3, -0.25) is 9.59 Å². The van der Waals surface area contributed by atoms with E-state index in [-0.39, 0.29) is 23.3 Å². The number of anilines is 2. The number of furan rings is 1. The van der Waals surface area contributed by atoms with Gasteiger partial charge in [0.25, 0.3) is 0 Å². The van der Waals surface area contributed by atoms with Gasteiger partial charge in [-0.05, 0) is 30.3 Å². The van der Waals surface area contributed by atoms with Gasteiger partial charge in [-0.15, -0.1) is 11.8 Å². The maximum atomic E-state index is 12.2. The quantitative estimate of drug-likeness (QED) is 0.491. The Morgan fingerprint density at radius 1 is 0.714 bits per heavy atom. The van der Waals surface area contributed by atoms with Crippen molar-refractivity contribution in [3.8, 4) is 0 Å². The molecule has 0 aliphatic rings. The summed E-state index contributed by atoms with van der Waals surface area (Å²) in [4.78, 5) is 24.1. The molecule has 1 aromatic heterocycles. The zero-order valence-corrected chi connectivity index (χ0v) is 15.8. The highest BCUT2D eigenvalue weighted by Crippen LogP contribution is 2.30. The van der Waals surface area contributed by atoms with Gasteiger partial charge in [0, 0.05) is 28.2 Å². The zero-order chi connectivity index (χ0) is 19.3. The van der Waals surface area contributed by atoms with Crippen molar-refractivity contribution in [1.82, 2.24) is 0 Å². The molecule has 2 N–H and O–H groups in total. The normalized spacial score (nSPS) is 10.9. The number of nitrogens with one attached hydrogen (secondary N) is 2. The lowest BCUT2D eigenvalue weighted by atomic mass is 10.1. The van der Waals surface area contributed by atoms with Crippen molar-refractivity contribution in [3.63, 3.8) is 0 Å². The van der Waals surface area contributed by atoms with Gasteiger partial charge in [0.15, 0.2) is 0 Å². The molecule has 0 aliphatic carbocycles. The maximum Gasteiger partial charge on any atom is 0.234 e. The Hall–Kier alpha value is -3.25. The van der Waals surface area contributed by atoms with E-state index in [1.165, 1.54) is 11.8 Å². The molecule has 3 aromatic carbocycles. The van der Waals surface area contributed by atoms with Crippen LogP contribution in [0.25, 0.3) is 21.9 Å². The minimum absolute atomic E-state index is 0.132. The second kappa shape index (κ2) is 8.19. The van der Waals surface area contributed by atoms with Crippen LogP contribution in [-0.2, 0) is 9.59 Å². The summed E-state index contributed by atoms with van der Waals surface area (Å²) < 4.78 is 5.83. The Balaban J connectivity index is 1.31.